The summed E-state index contributed by atoms with van der Waals surface area (Å²) in [5, 5.41) is 3.49. The van der Waals surface area contributed by atoms with Gasteiger partial charge in [0.2, 0.25) is 5.88 Å². The standard InChI is InChI=1S/C22H36N4O2/c1-4-27-16-19-10-12-26(15-19)22(23-3)25-14-18-9-11-24-21(13-18)28-20-7-5-17(2)6-8-20/h9,11,13,17,19-20H,4-8,10,12,14-16H2,1-3H3,(H,23,25). The molecule has 6 nitrogen and oxygen atoms in total. The number of aliphatic imine (C=N–C) groups is 1. The molecule has 1 aliphatic heterocycles. The molecule has 1 N–H and O–H groups in total. The van der Waals surface area contributed by atoms with Crippen LogP contribution in [0.2, 0.25) is 0 Å². The lowest BCUT2D eigenvalue weighted by Crippen LogP contribution is -2.39. The van der Waals surface area contributed by atoms with Gasteiger partial charge in [0.15, 0.2) is 5.96 Å². The molecule has 1 unspecified atom stereocenters. The molecule has 0 bridgehead atoms. The molecule has 0 aromatic carbocycles. The van der Waals surface area contributed by atoms with Crippen LogP contribution in [-0.2, 0) is 11.3 Å². The molecule has 1 aliphatic carbocycles. The predicted octanol–water partition coefficient (Wildman–Crippen LogP) is 3.47. The first kappa shape index (κ1) is 20.9. The molecule has 1 atom stereocenters. The van der Waals surface area contributed by atoms with E-state index < -0.39 is 0 Å². The van der Waals surface area contributed by atoms with Gasteiger partial charge in [-0.3, -0.25) is 4.99 Å². The van der Waals surface area contributed by atoms with Crippen molar-refractivity contribution >= 4 is 5.96 Å². The van der Waals surface area contributed by atoms with Gasteiger partial charge in [0.25, 0.3) is 0 Å². The van der Waals surface area contributed by atoms with Crippen LogP contribution in [0.25, 0.3) is 0 Å². The third-order valence-corrected chi connectivity index (χ3v) is 5.86. The highest BCUT2D eigenvalue weighted by Crippen LogP contribution is 2.26. The van der Waals surface area contributed by atoms with E-state index in [4.69, 9.17) is 9.47 Å². The van der Waals surface area contributed by atoms with Crippen molar-refractivity contribution < 1.29 is 9.47 Å². The molecule has 3 rings (SSSR count). The van der Waals surface area contributed by atoms with Crippen LogP contribution in [0.5, 0.6) is 5.88 Å². The van der Waals surface area contributed by atoms with Crippen LogP contribution in [0.1, 0.15) is 51.5 Å². The number of nitrogens with zero attached hydrogens (tertiary/aromatic N) is 3. The van der Waals surface area contributed by atoms with Gasteiger partial charge in [-0.25, -0.2) is 4.98 Å². The van der Waals surface area contributed by atoms with E-state index in [1.54, 1.807) is 0 Å². The zero-order chi connectivity index (χ0) is 19.8. The number of rotatable bonds is 7. The maximum absolute atomic E-state index is 6.14. The number of guanidine groups is 1. The van der Waals surface area contributed by atoms with Gasteiger partial charge < -0.3 is 19.7 Å². The smallest absolute Gasteiger partial charge is 0.213 e. The Bertz CT molecular complexity index is 629. The second-order valence-corrected chi connectivity index (χ2v) is 8.16. The van der Waals surface area contributed by atoms with Gasteiger partial charge in [0.05, 0.1) is 6.61 Å². The minimum Gasteiger partial charge on any atom is -0.474 e. The third kappa shape index (κ3) is 6.09. The third-order valence-electron chi connectivity index (χ3n) is 5.86. The first-order valence-electron chi connectivity index (χ1n) is 10.8. The minimum atomic E-state index is 0.312. The summed E-state index contributed by atoms with van der Waals surface area (Å²) in [5.41, 5.74) is 1.17. The maximum atomic E-state index is 6.14. The number of pyridine rings is 1. The molecular formula is C22H36N4O2. The summed E-state index contributed by atoms with van der Waals surface area (Å²) in [6.45, 7) is 8.76. The Morgan fingerprint density at radius 2 is 2.11 bits per heavy atom. The molecule has 0 amide bonds. The Labute approximate surface area is 169 Å². The number of ether oxygens (including phenoxy) is 2. The van der Waals surface area contributed by atoms with Gasteiger partial charge in [0, 0.05) is 51.5 Å². The van der Waals surface area contributed by atoms with Crippen LogP contribution < -0.4 is 10.1 Å². The van der Waals surface area contributed by atoms with Crippen LogP contribution in [0, 0.1) is 11.8 Å². The van der Waals surface area contributed by atoms with Crippen molar-refractivity contribution in [1.82, 2.24) is 15.2 Å². The van der Waals surface area contributed by atoms with Crippen LogP contribution in [0.3, 0.4) is 0 Å². The molecular weight excluding hydrogens is 352 g/mol. The Hall–Kier alpha value is -1.82. The van der Waals surface area contributed by atoms with Gasteiger partial charge in [-0.2, -0.15) is 0 Å². The van der Waals surface area contributed by atoms with E-state index in [9.17, 15) is 0 Å². The van der Waals surface area contributed by atoms with E-state index in [-0.39, 0.29) is 0 Å². The fraction of sp³-hybridized carbons (Fsp3) is 0.727. The summed E-state index contributed by atoms with van der Waals surface area (Å²) in [7, 11) is 1.85. The number of hydrogen-bond donors (Lipinski definition) is 1. The van der Waals surface area contributed by atoms with Crippen molar-refractivity contribution in [3.8, 4) is 5.88 Å². The number of aromatic nitrogens is 1. The molecule has 2 heterocycles. The SMILES string of the molecule is CCOCC1CCN(C(=NC)NCc2ccnc(OC3CCC(C)CC3)c2)C1. The summed E-state index contributed by atoms with van der Waals surface area (Å²) in [6, 6.07) is 4.10. The molecule has 156 valence electrons. The lowest BCUT2D eigenvalue weighted by atomic mass is 9.89. The van der Waals surface area contributed by atoms with E-state index in [1.165, 1.54) is 18.4 Å². The Morgan fingerprint density at radius 1 is 1.29 bits per heavy atom. The van der Waals surface area contributed by atoms with Crippen LogP contribution >= 0.6 is 0 Å². The van der Waals surface area contributed by atoms with E-state index in [0.717, 1.165) is 69.9 Å². The zero-order valence-electron chi connectivity index (χ0n) is 17.7. The number of nitrogens with one attached hydrogen (secondary N) is 1. The lowest BCUT2D eigenvalue weighted by molar-refractivity contribution is 0.114. The van der Waals surface area contributed by atoms with Crippen molar-refractivity contribution in [2.75, 3.05) is 33.4 Å². The molecule has 6 heteroatoms. The summed E-state index contributed by atoms with van der Waals surface area (Å²) in [5.74, 6) is 3.12. The molecule has 1 aromatic heterocycles. The predicted molar refractivity (Wildman–Crippen MR) is 113 cm³/mol. The second-order valence-electron chi connectivity index (χ2n) is 8.16. The largest absolute Gasteiger partial charge is 0.474 e. The van der Waals surface area contributed by atoms with E-state index in [1.807, 2.05) is 19.3 Å². The van der Waals surface area contributed by atoms with Crippen LogP contribution in [0.4, 0.5) is 0 Å². The topological polar surface area (TPSA) is 59.0 Å². The summed E-state index contributed by atoms with van der Waals surface area (Å²) in [6.07, 6.45) is 8.09. The number of likely N-dealkylation sites (tertiary alicyclic amines) is 1. The summed E-state index contributed by atoms with van der Waals surface area (Å²) < 4.78 is 11.7. The first-order chi connectivity index (χ1) is 13.7. The van der Waals surface area contributed by atoms with Crippen molar-refractivity contribution in [3.63, 3.8) is 0 Å². The molecule has 2 fully saturated rings. The van der Waals surface area contributed by atoms with Gasteiger partial charge in [-0.05, 0) is 56.6 Å². The van der Waals surface area contributed by atoms with E-state index >= 15 is 0 Å². The summed E-state index contributed by atoms with van der Waals surface area (Å²) >= 11 is 0. The molecule has 0 radical (unpaired) electrons. The summed E-state index contributed by atoms with van der Waals surface area (Å²) in [4.78, 5) is 11.2. The van der Waals surface area contributed by atoms with E-state index in [2.05, 4.69) is 40.1 Å². The quantitative estimate of drug-likeness (QED) is 0.572. The van der Waals surface area contributed by atoms with Crippen molar-refractivity contribution in [3.05, 3.63) is 23.9 Å². The highest BCUT2D eigenvalue weighted by molar-refractivity contribution is 5.80. The highest BCUT2D eigenvalue weighted by Gasteiger charge is 2.25. The molecule has 1 saturated heterocycles. The monoisotopic (exact) mass is 388 g/mol. The van der Waals surface area contributed by atoms with Crippen LogP contribution in [-0.4, -0.2) is 55.3 Å². The Morgan fingerprint density at radius 3 is 2.86 bits per heavy atom. The second kappa shape index (κ2) is 10.6. The average Bonchev–Trinajstić information content (AvgIpc) is 3.18. The van der Waals surface area contributed by atoms with Crippen molar-refractivity contribution in [1.29, 1.82) is 0 Å². The normalized spacial score (nSPS) is 25.8. The fourth-order valence-electron chi connectivity index (χ4n) is 4.10. The Balaban J connectivity index is 1.48. The van der Waals surface area contributed by atoms with Gasteiger partial charge in [-0.1, -0.05) is 6.92 Å². The fourth-order valence-corrected chi connectivity index (χ4v) is 4.10. The number of hydrogen-bond acceptors (Lipinski definition) is 4. The van der Waals surface area contributed by atoms with Gasteiger partial charge >= 0.3 is 0 Å². The average molecular weight is 389 g/mol. The van der Waals surface area contributed by atoms with Crippen LogP contribution in [0.15, 0.2) is 23.3 Å². The molecule has 0 spiro atoms. The molecule has 28 heavy (non-hydrogen) atoms. The van der Waals surface area contributed by atoms with Crippen molar-refractivity contribution in [2.45, 2.75) is 58.6 Å². The van der Waals surface area contributed by atoms with Gasteiger partial charge in [0.1, 0.15) is 6.10 Å². The highest BCUT2D eigenvalue weighted by atomic mass is 16.5. The van der Waals surface area contributed by atoms with Crippen molar-refractivity contribution in [2.24, 2.45) is 16.8 Å². The molecule has 1 aromatic rings. The minimum absolute atomic E-state index is 0.312. The van der Waals surface area contributed by atoms with Gasteiger partial charge in [-0.15, -0.1) is 0 Å². The molecule has 1 saturated carbocycles. The van der Waals surface area contributed by atoms with E-state index in [0.29, 0.717) is 12.0 Å². The lowest BCUT2D eigenvalue weighted by Gasteiger charge is -2.26. The zero-order valence-corrected chi connectivity index (χ0v) is 17.7. The Kier molecular flexibility index (Phi) is 7.95. The molecule has 2 aliphatic rings. The first-order valence-corrected chi connectivity index (χ1v) is 10.8. The maximum Gasteiger partial charge on any atom is 0.213 e.